The highest BCUT2D eigenvalue weighted by molar-refractivity contribution is 14.0. The van der Waals surface area contributed by atoms with E-state index in [1.54, 1.807) is 23.5 Å². The van der Waals surface area contributed by atoms with Crippen LogP contribution in [0.1, 0.15) is 30.1 Å². The summed E-state index contributed by atoms with van der Waals surface area (Å²) in [5, 5.41) is 10.7. The Morgan fingerprint density at radius 2 is 2.15 bits per heavy atom. The van der Waals surface area contributed by atoms with Crippen molar-refractivity contribution in [3.05, 3.63) is 51.9 Å². The maximum absolute atomic E-state index is 13.5. The van der Waals surface area contributed by atoms with E-state index in [1.165, 1.54) is 6.07 Å². The number of thiazole rings is 1. The van der Waals surface area contributed by atoms with E-state index in [0.717, 1.165) is 52.5 Å². The molecule has 8 heteroatoms. The number of aliphatic imine (C=N–C) groups is 1. The summed E-state index contributed by atoms with van der Waals surface area (Å²) in [6.45, 7) is 6.21. The molecule has 3 aromatic rings. The summed E-state index contributed by atoms with van der Waals surface area (Å²) in [7, 11) is 0. The number of fused-ring (bicyclic) bond motifs is 1. The van der Waals surface area contributed by atoms with Crippen molar-refractivity contribution in [1.82, 2.24) is 20.6 Å². The van der Waals surface area contributed by atoms with Gasteiger partial charge in [0.15, 0.2) is 5.96 Å². The Morgan fingerprint density at radius 1 is 1.30 bits per heavy atom. The molecule has 0 saturated heterocycles. The van der Waals surface area contributed by atoms with Crippen LogP contribution in [0, 0.1) is 5.82 Å². The van der Waals surface area contributed by atoms with Gasteiger partial charge in [-0.15, -0.1) is 35.3 Å². The van der Waals surface area contributed by atoms with Crippen molar-refractivity contribution < 1.29 is 4.39 Å². The first kappa shape index (κ1) is 21.6. The number of H-pyrrole nitrogens is 1. The number of halogens is 2. The summed E-state index contributed by atoms with van der Waals surface area (Å²) in [4.78, 5) is 12.3. The van der Waals surface area contributed by atoms with Gasteiger partial charge >= 0.3 is 0 Å². The van der Waals surface area contributed by atoms with Gasteiger partial charge in [0, 0.05) is 35.6 Å². The Balaban J connectivity index is 0.00000261. The molecule has 0 spiro atoms. The molecular weight excluding hydrogens is 476 g/mol. The molecule has 0 saturated carbocycles. The van der Waals surface area contributed by atoms with Crippen LogP contribution >= 0.6 is 35.3 Å². The van der Waals surface area contributed by atoms with E-state index in [4.69, 9.17) is 0 Å². The first-order valence-corrected chi connectivity index (χ1v) is 9.78. The molecule has 0 bridgehead atoms. The minimum Gasteiger partial charge on any atom is -0.361 e. The molecule has 3 rings (SSSR count). The highest BCUT2D eigenvalue weighted by Gasteiger charge is 2.06. The Morgan fingerprint density at radius 3 is 2.89 bits per heavy atom. The summed E-state index contributed by atoms with van der Waals surface area (Å²) in [6.07, 6.45) is 3.68. The molecule has 146 valence electrons. The van der Waals surface area contributed by atoms with Crippen LogP contribution in [-0.4, -0.2) is 29.0 Å². The average Bonchev–Trinajstić information content (AvgIpc) is 3.26. The molecule has 27 heavy (non-hydrogen) atoms. The number of benzene rings is 1. The topological polar surface area (TPSA) is 65.1 Å². The number of rotatable bonds is 7. The highest BCUT2D eigenvalue weighted by atomic mass is 127. The van der Waals surface area contributed by atoms with E-state index in [1.807, 2.05) is 13.1 Å². The lowest BCUT2D eigenvalue weighted by atomic mass is 10.1. The van der Waals surface area contributed by atoms with Crippen LogP contribution < -0.4 is 10.6 Å². The third kappa shape index (κ3) is 5.90. The predicted octanol–water partition coefficient (Wildman–Crippen LogP) is 4.24. The van der Waals surface area contributed by atoms with Gasteiger partial charge in [0.05, 0.1) is 17.2 Å². The number of aryl methyl sites for hydroxylation is 1. The maximum Gasteiger partial charge on any atom is 0.191 e. The summed E-state index contributed by atoms with van der Waals surface area (Å²) >= 11 is 1.68. The zero-order valence-corrected chi connectivity index (χ0v) is 18.7. The lowest BCUT2D eigenvalue weighted by molar-refractivity contribution is 0.629. The summed E-state index contributed by atoms with van der Waals surface area (Å²) in [5.41, 5.74) is 3.04. The van der Waals surface area contributed by atoms with Gasteiger partial charge in [-0.3, -0.25) is 0 Å². The van der Waals surface area contributed by atoms with Crippen molar-refractivity contribution in [3.63, 3.8) is 0 Å². The second-order valence-electron chi connectivity index (χ2n) is 5.96. The van der Waals surface area contributed by atoms with Crippen molar-refractivity contribution in [3.8, 4) is 0 Å². The van der Waals surface area contributed by atoms with Crippen molar-refractivity contribution in [2.45, 2.75) is 33.2 Å². The quantitative estimate of drug-likeness (QED) is 0.258. The first-order valence-electron chi connectivity index (χ1n) is 8.90. The normalized spacial score (nSPS) is 11.4. The van der Waals surface area contributed by atoms with E-state index in [9.17, 15) is 4.39 Å². The van der Waals surface area contributed by atoms with Gasteiger partial charge in [-0.25, -0.2) is 14.4 Å². The maximum atomic E-state index is 13.5. The molecule has 5 nitrogen and oxygen atoms in total. The summed E-state index contributed by atoms with van der Waals surface area (Å²) in [5.74, 6) is 0.556. The lowest BCUT2D eigenvalue weighted by Crippen LogP contribution is -2.38. The number of aromatic amines is 1. The van der Waals surface area contributed by atoms with Gasteiger partial charge in [-0.05, 0) is 43.5 Å². The van der Waals surface area contributed by atoms with E-state index in [0.29, 0.717) is 13.1 Å². The number of aromatic nitrogens is 2. The monoisotopic (exact) mass is 501 g/mol. The Kier molecular flexibility index (Phi) is 8.49. The van der Waals surface area contributed by atoms with Gasteiger partial charge in [0.2, 0.25) is 0 Å². The van der Waals surface area contributed by atoms with Gasteiger partial charge < -0.3 is 15.6 Å². The SMILES string of the molecule is CCNC(=NCc1csc(CC)n1)NCCc1c[nH]c2ccc(F)cc12.I. The van der Waals surface area contributed by atoms with E-state index >= 15 is 0 Å². The van der Waals surface area contributed by atoms with Gasteiger partial charge in [0.25, 0.3) is 0 Å². The van der Waals surface area contributed by atoms with Crippen molar-refractivity contribution in [2.24, 2.45) is 4.99 Å². The summed E-state index contributed by atoms with van der Waals surface area (Å²) < 4.78 is 13.5. The van der Waals surface area contributed by atoms with Crippen LogP contribution in [0.2, 0.25) is 0 Å². The van der Waals surface area contributed by atoms with Crippen LogP contribution in [0.15, 0.2) is 34.8 Å². The van der Waals surface area contributed by atoms with Crippen molar-refractivity contribution in [2.75, 3.05) is 13.1 Å². The molecule has 0 amide bonds. The fourth-order valence-electron chi connectivity index (χ4n) is 2.76. The smallest absolute Gasteiger partial charge is 0.191 e. The number of hydrogen-bond donors (Lipinski definition) is 3. The Hall–Kier alpha value is -1.68. The van der Waals surface area contributed by atoms with Gasteiger partial charge in [-0.1, -0.05) is 6.92 Å². The van der Waals surface area contributed by atoms with Crippen LogP contribution in [0.5, 0.6) is 0 Å². The van der Waals surface area contributed by atoms with E-state index < -0.39 is 0 Å². The minimum atomic E-state index is -0.212. The zero-order chi connectivity index (χ0) is 18.4. The third-order valence-electron chi connectivity index (χ3n) is 4.06. The second-order valence-corrected chi connectivity index (χ2v) is 6.90. The Bertz CT molecular complexity index is 889. The highest BCUT2D eigenvalue weighted by Crippen LogP contribution is 2.19. The number of guanidine groups is 1. The molecular formula is C19H25FIN5S. The fourth-order valence-corrected chi connectivity index (χ4v) is 3.49. The molecule has 0 aliphatic heterocycles. The van der Waals surface area contributed by atoms with Crippen molar-refractivity contribution in [1.29, 1.82) is 0 Å². The third-order valence-corrected chi connectivity index (χ3v) is 5.10. The molecule has 0 radical (unpaired) electrons. The molecule has 0 aliphatic rings. The van der Waals surface area contributed by atoms with Crippen LogP contribution in [0.4, 0.5) is 4.39 Å². The average molecular weight is 501 g/mol. The molecule has 3 N–H and O–H groups in total. The van der Waals surface area contributed by atoms with Crippen molar-refractivity contribution >= 4 is 52.2 Å². The van der Waals surface area contributed by atoms with E-state index in [-0.39, 0.29) is 29.8 Å². The van der Waals surface area contributed by atoms with E-state index in [2.05, 4.69) is 37.9 Å². The number of nitrogens with one attached hydrogen (secondary N) is 3. The predicted molar refractivity (Wildman–Crippen MR) is 122 cm³/mol. The lowest BCUT2D eigenvalue weighted by Gasteiger charge is -2.10. The number of nitrogens with zero attached hydrogens (tertiary/aromatic N) is 2. The number of hydrogen-bond acceptors (Lipinski definition) is 3. The van der Waals surface area contributed by atoms with Gasteiger partial charge in [-0.2, -0.15) is 0 Å². The van der Waals surface area contributed by atoms with Gasteiger partial charge in [0.1, 0.15) is 5.82 Å². The molecule has 1 aromatic carbocycles. The molecule has 2 aromatic heterocycles. The zero-order valence-electron chi connectivity index (χ0n) is 15.5. The summed E-state index contributed by atoms with van der Waals surface area (Å²) in [6, 6.07) is 4.82. The van der Waals surface area contributed by atoms with Crippen LogP contribution in [0.3, 0.4) is 0 Å². The fraction of sp³-hybridized carbons (Fsp3) is 0.368. The first-order chi connectivity index (χ1) is 12.7. The van der Waals surface area contributed by atoms with Crippen LogP contribution in [0.25, 0.3) is 10.9 Å². The molecule has 0 unspecified atom stereocenters. The minimum absolute atomic E-state index is 0. The molecule has 0 fully saturated rings. The Labute approximate surface area is 179 Å². The van der Waals surface area contributed by atoms with Crippen LogP contribution in [-0.2, 0) is 19.4 Å². The largest absolute Gasteiger partial charge is 0.361 e. The molecule has 0 atom stereocenters. The second kappa shape index (κ2) is 10.6. The molecule has 0 aliphatic carbocycles. The standard InChI is InChI=1S/C19H24FN5S.HI/c1-3-18-25-15(12-26-18)11-24-19(21-4-2)22-8-7-13-10-23-17-6-5-14(20)9-16(13)17;/h5-6,9-10,12,23H,3-4,7-8,11H2,1-2H3,(H2,21,22,24);1H. The molecule has 2 heterocycles.